The largest absolute Gasteiger partial charge is 0.387 e. The predicted molar refractivity (Wildman–Crippen MR) is 74.9 cm³/mol. The summed E-state index contributed by atoms with van der Waals surface area (Å²) in [6, 6.07) is 9.74. The average Bonchev–Trinajstić information content (AvgIpc) is 2.46. The highest BCUT2D eigenvalue weighted by molar-refractivity contribution is 5.81. The Morgan fingerprint density at radius 3 is 2.84 bits per heavy atom. The van der Waals surface area contributed by atoms with E-state index in [1.165, 1.54) is 0 Å². The van der Waals surface area contributed by atoms with Crippen LogP contribution in [0.5, 0.6) is 0 Å². The van der Waals surface area contributed by atoms with E-state index in [9.17, 15) is 4.79 Å². The van der Waals surface area contributed by atoms with Crippen molar-refractivity contribution in [1.29, 1.82) is 5.41 Å². The van der Waals surface area contributed by atoms with E-state index < -0.39 is 0 Å². The fourth-order valence-corrected chi connectivity index (χ4v) is 2.30. The van der Waals surface area contributed by atoms with Crippen LogP contribution in [0.3, 0.4) is 0 Å². The van der Waals surface area contributed by atoms with Crippen molar-refractivity contribution in [2.75, 3.05) is 13.1 Å². The predicted octanol–water partition coefficient (Wildman–Crippen LogP) is 1.54. The third kappa shape index (κ3) is 3.71. The minimum atomic E-state index is -0.0743. The van der Waals surface area contributed by atoms with Crippen LogP contribution in [0.15, 0.2) is 30.3 Å². The maximum Gasteiger partial charge on any atom is 0.317 e. The van der Waals surface area contributed by atoms with Gasteiger partial charge in [-0.25, -0.2) is 4.79 Å². The number of amides is 2. The Labute approximate surface area is 113 Å². The van der Waals surface area contributed by atoms with Crippen LogP contribution in [0.1, 0.15) is 18.4 Å². The van der Waals surface area contributed by atoms with Crippen molar-refractivity contribution in [2.24, 2.45) is 11.7 Å². The van der Waals surface area contributed by atoms with Crippen LogP contribution in [0.2, 0.25) is 0 Å². The summed E-state index contributed by atoms with van der Waals surface area (Å²) < 4.78 is 0. The molecule has 1 heterocycles. The molecular formula is C14H20N4O. The van der Waals surface area contributed by atoms with E-state index in [1.807, 2.05) is 30.3 Å². The molecule has 1 unspecified atom stereocenters. The summed E-state index contributed by atoms with van der Waals surface area (Å²) in [5.41, 5.74) is 6.60. The molecule has 0 saturated carbocycles. The maximum atomic E-state index is 12.0. The highest BCUT2D eigenvalue weighted by atomic mass is 16.2. The lowest BCUT2D eigenvalue weighted by atomic mass is 9.97. The van der Waals surface area contributed by atoms with Crippen molar-refractivity contribution < 1.29 is 4.79 Å². The van der Waals surface area contributed by atoms with Gasteiger partial charge in [0.25, 0.3) is 0 Å². The Morgan fingerprint density at radius 2 is 2.16 bits per heavy atom. The van der Waals surface area contributed by atoms with Gasteiger partial charge in [0.15, 0.2) is 0 Å². The van der Waals surface area contributed by atoms with Gasteiger partial charge >= 0.3 is 6.03 Å². The number of amidine groups is 1. The van der Waals surface area contributed by atoms with Crippen molar-refractivity contribution in [1.82, 2.24) is 10.2 Å². The SMILES string of the molecule is N=C(N)C1CCCN(C(=O)NCc2ccccc2)C1. The van der Waals surface area contributed by atoms with Crippen LogP contribution >= 0.6 is 0 Å². The molecule has 1 atom stereocenters. The molecule has 1 saturated heterocycles. The Balaban J connectivity index is 1.84. The molecule has 0 aliphatic carbocycles. The summed E-state index contributed by atoms with van der Waals surface area (Å²) in [5.74, 6) is 0.191. The molecule has 19 heavy (non-hydrogen) atoms. The number of urea groups is 1. The molecule has 2 rings (SSSR count). The van der Waals surface area contributed by atoms with Gasteiger partial charge in [-0.3, -0.25) is 5.41 Å². The number of hydrogen-bond donors (Lipinski definition) is 3. The molecule has 1 aliphatic heterocycles. The van der Waals surface area contributed by atoms with Gasteiger partial charge in [0.05, 0.1) is 5.84 Å². The summed E-state index contributed by atoms with van der Waals surface area (Å²) in [7, 11) is 0. The van der Waals surface area contributed by atoms with E-state index in [-0.39, 0.29) is 17.8 Å². The van der Waals surface area contributed by atoms with Gasteiger partial charge in [-0.2, -0.15) is 0 Å². The molecule has 2 amide bonds. The van der Waals surface area contributed by atoms with Crippen molar-refractivity contribution in [2.45, 2.75) is 19.4 Å². The number of nitrogens with zero attached hydrogens (tertiary/aromatic N) is 1. The van der Waals surface area contributed by atoms with Crippen LogP contribution in [-0.2, 0) is 6.54 Å². The second kappa shape index (κ2) is 6.22. The van der Waals surface area contributed by atoms with Gasteiger partial charge in [0.1, 0.15) is 0 Å². The quantitative estimate of drug-likeness (QED) is 0.569. The summed E-state index contributed by atoms with van der Waals surface area (Å²) in [5, 5.41) is 10.4. The Bertz CT molecular complexity index is 446. The minimum absolute atomic E-state index is 0.0104. The number of likely N-dealkylation sites (tertiary alicyclic amines) is 1. The number of rotatable bonds is 3. The molecule has 5 heteroatoms. The Morgan fingerprint density at radius 1 is 1.42 bits per heavy atom. The minimum Gasteiger partial charge on any atom is -0.387 e. The highest BCUT2D eigenvalue weighted by Crippen LogP contribution is 2.16. The zero-order valence-electron chi connectivity index (χ0n) is 10.9. The number of nitrogens with two attached hydrogens (primary N) is 1. The first kappa shape index (κ1) is 13.4. The van der Waals surface area contributed by atoms with Gasteiger partial charge < -0.3 is 16.0 Å². The summed E-state index contributed by atoms with van der Waals surface area (Å²) in [6.07, 6.45) is 1.81. The molecule has 0 bridgehead atoms. The van der Waals surface area contributed by atoms with E-state index in [1.54, 1.807) is 4.90 Å². The number of carbonyl (C=O) groups excluding carboxylic acids is 1. The highest BCUT2D eigenvalue weighted by Gasteiger charge is 2.24. The molecule has 4 N–H and O–H groups in total. The van der Waals surface area contributed by atoms with E-state index in [0.29, 0.717) is 13.1 Å². The first-order chi connectivity index (χ1) is 9.16. The van der Waals surface area contributed by atoms with E-state index in [2.05, 4.69) is 5.32 Å². The van der Waals surface area contributed by atoms with Crippen LogP contribution in [0, 0.1) is 11.3 Å². The molecule has 0 spiro atoms. The lowest BCUT2D eigenvalue weighted by molar-refractivity contribution is 0.177. The zero-order valence-corrected chi connectivity index (χ0v) is 10.9. The Kier molecular flexibility index (Phi) is 4.39. The van der Waals surface area contributed by atoms with E-state index >= 15 is 0 Å². The Hall–Kier alpha value is -2.04. The first-order valence-electron chi connectivity index (χ1n) is 6.57. The van der Waals surface area contributed by atoms with Crippen LogP contribution in [-0.4, -0.2) is 29.9 Å². The standard InChI is InChI=1S/C14H20N4O/c15-13(16)12-7-4-8-18(10-12)14(19)17-9-11-5-2-1-3-6-11/h1-3,5-6,12H,4,7-10H2,(H3,15,16)(H,17,19). The fourth-order valence-electron chi connectivity index (χ4n) is 2.30. The van der Waals surface area contributed by atoms with Gasteiger partial charge in [-0.1, -0.05) is 30.3 Å². The lowest BCUT2D eigenvalue weighted by Crippen LogP contribution is -2.47. The number of piperidine rings is 1. The van der Waals surface area contributed by atoms with E-state index in [4.69, 9.17) is 11.1 Å². The average molecular weight is 260 g/mol. The number of hydrogen-bond acceptors (Lipinski definition) is 2. The van der Waals surface area contributed by atoms with Gasteiger partial charge in [0.2, 0.25) is 0 Å². The van der Waals surface area contributed by atoms with Crippen molar-refractivity contribution in [3.8, 4) is 0 Å². The molecule has 5 nitrogen and oxygen atoms in total. The second-order valence-electron chi connectivity index (χ2n) is 4.88. The first-order valence-corrected chi connectivity index (χ1v) is 6.57. The summed E-state index contributed by atoms with van der Waals surface area (Å²) in [4.78, 5) is 13.8. The molecule has 102 valence electrons. The van der Waals surface area contributed by atoms with E-state index in [0.717, 1.165) is 24.9 Å². The topological polar surface area (TPSA) is 82.2 Å². The van der Waals surface area contributed by atoms with Gasteiger partial charge in [0, 0.05) is 25.6 Å². The lowest BCUT2D eigenvalue weighted by Gasteiger charge is -2.32. The third-order valence-corrected chi connectivity index (χ3v) is 3.43. The monoisotopic (exact) mass is 260 g/mol. The molecule has 0 radical (unpaired) electrons. The van der Waals surface area contributed by atoms with Crippen molar-refractivity contribution in [3.05, 3.63) is 35.9 Å². The molecule has 0 aromatic heterocycles. The fraction of sp³-hybridized carbons (Fsp3) is 0.429. The molecule has 1 aromatic rings. The van der Waals surface area contributed by atoms with Crippen LogP contribution in [0.25, 0.3) is 0 Å². The number of carbonyl (C=O) groups is 1. The second-order valence-corrected chi connectivity index (χ2v) is 4.88. The maximum absolute atomic E-state index is 12.0. The number of nitrogens with one attached hydrogen (secondary N) is 2. The molecule has 1 fully saturated rings. The van der Waals surface area contributed by atoms with Crippen molar-refractivity contribution in [3.63, 3.8) is 0 Å². The number of benzene rings is 1. The van der Waals surface area contributed by atoms with Gasteiger partial charge in [-0.15, -0.1) is 0 Å². The van der Waals surface area contributed by atoms with Gasteiger partial charge in [-0.05, 0) is 18.4 Å². The van der Waals surface area contributed by atoms with Crippen LogP contribution in [0.4, 0.5) is 4.79 Å². The summed E-state index contributed by atoms with van der Waals surface area (Å²) >= 11 is 0. The smallest absolute Gasteiger partial charge is 0.317 e. The molecule has 1 aliphatic rings. The summed E-state index contributed by atoms with van der Waals surface area (Å²) in [6.45, 7) is 1.82. The zero-order chi connectivity index (χ0) is 13.7. The molecule has 1 aromatic carbocycles. The normalized spacial score (nSPS) is 18.9. The molecular weight excluding hydrogens is 240 g/mol. The third-order valence-electron chi connectivity index (χ3n) is 3.43. The van der Waals surface area contributed by atoms with Crippen molar-refractivity contribution >= 4 is 11.9 Å². The van der Waals surface area contributed by atoms with Crippen LogP contribution < -0.4 is 11.1 Å².